The third kappa shape index (κ3) is 1.68. The number of phenolic OH excluding ortho intramolecular Hbond substituents is 1. The lowest BCUT2D eigenvalue weighted by atomic mass is 10.2. The molecule has 94 valence electrons. The molecule has 1 heterocycles. The van der Waals surface area contributed by atoms with E-state index in [0.29, 0.717) is 11.0 Å². The highest BCUT2D eigenvalue weighted by Crippen LogP contribution is 2.32. The molecule has 0 amide bonds. The van der Waals surface area contributed by atoms with Crippen LogP contribution in [0.2, 0.25) is 0 Å². The maximum Gasteiger partial charge on any atom is 0.313 e. The summed E-state index contributed by atoms with van der Waals surface area (Å²) in [5.41, 5.74) is 1.17. The van der Waals surface area contributed by atoms with Gasteiger partial charge in [0.05, 0.1) is 10.4 Å². The quantitative estimate of drug-likeness (QED) is 0.559. The molecule has 7 nitrogen and oxygen atoms in total. The van der Waals surface area contributed by atoms with Gasteiger partial charge in [-0.3, -0.25) is 10.1 Å². The third-order valence-electron chi connectivity index (χ3n) is 2.77. The van der Waals surface area contributed by atoms with Crippen LogP contribution in [-0.2, 0) is 0 Å². The first-order chi connectivity index (χ1) is 9.18. The normalized spacial score (nSPS) is 10.7. The number of fused-ring (bicyclic) bond motifs is 1. The van der Waals surface area contributed by atoms with Gasteiger partial charge in [0.25, 0.3) is 0 Å². The van der Waals surface area contributed by atoms with E-state index >= 15 is 0 Å². The zero-order valence-corrected chi connectivity index (χ0v) is 9.59. The Labute approximate surface area is 106 Å². The number of rotatable bonds is 2. The number of nitro groups is 1. The fraction of sp³-hybridized carbons (Fsp3) is 0. The molecule has 0 spiro atoms. The third-order valence-corrected chi connectivity index (χ3v) is 2.77. The number of nitro benzene ring substituents is 1. The van der Waals surface area contributed by atoms with Gasteiger partial charge >= 0.3 is 5.69 Å². The van der Waals surface area contributed by atoms with Crippen molar-refractivity contribution in [3.8, 4) is 11.4 Å². The van der Waals surface area contributed by atoms with Gasteiger partial charge in [0.15, 0.2) is 0 Å². The van der Waals surface area contributed by atoms with Crippen molar-refractivity contribution in [3.05, 3.63) is 52.6 Å². The average Bonchev–Trinajstić information content (AvgIpc) is 2.82. The summed E-state index contributed by atoms with van der Waals surface area (Å²) in [7, 11) is 0. The summed E-state index contributed by atoms with van der Waals surface area (Å²) >= 11 is 0. The number of hydrogen-bond acceptors (Lipinski definition) is 5. The molecule has 2 aromatic carbocycles. The number of aromatic hydroxyl groups is 1. The van der Waals surface area contributed by atoms with E-state index in [9.17, 15) is 15.2 Å². The van der Waals surface area contributed by atoms with E-state index in [2.05, 4.69) is 10.3 Å². The molecule has 3 rings (SSSR count). The zero-order chi connectivity index (χ0) is 13.4. The summed E-state index contributed by atoms with van der Waals surface area (Å²) in [5, 5.41) is 28.6. The van der Waals surface area contributed by atoms with E-state index < -0.39 is 10.7 Å². The fourth-order valence-corrected chi connectivity index (χ4v) is 1.88. The first kappa shape index (κ1) is 11.1. The predicted octanol–water partition coefficient (Wildman–Crippen LogP) is 2.03. The van der Waals surface area contributed by atoms with Crippen molar-refractivity contribution >= 4 is 16.7 Å². The second-order valence-electron chi connectivity index (χ2n) is 3.89. The fourth-order valence-electron chi connectivity index (χ4n) is 1.88. The van der Waals surface area contributed by atoms with Crippen LogP contribution in [-0.4, -0.2) is 25.0 Å². The zero-order valence-electron chi connectivity index (χ0n) is 9.59. The molecule has 19 heavy (non-hydrogen) atoms. The van der Waals surface area contributed by atoms with Gasteiger partial charge in [0, 0.05) is 6.07 Å². The van der Waals surface area contributed by atoms with Crippen molar-refractivity contribution in [1.29, 1.82) is 0 Å². The number of hydrogen-bond donors (Lipinski definition) is 1. The molecule has 0 atom stereocenters. The van der Waals surface area contributed by atoms with E-state index in [-0.39, 0.29) is 11.4 Å². The van der Waals surface area contributed by atoms with Gasteiger partial charge in [-0.25, -0.2) is 4.68 Å². The van der Waals surface area contributed by atoms with Crippen LogP contribution < -0.4 is 0 Å². The Morgan fingerprint density at radius 3 is 2.74 bits per heavy atom. The van der Waals surface area contributed by atoms with Gasteiger partial charge in [-0.15, -0.1) is 5.10 Å². The number of benzene rings is 2. The second kappa shape index (κ2) is 4.05. The molecule has 3 aromatic rings. The van der Waals surface area contributed by atoms with E-state index in [1.54, 1.807) is 24.3 Å². The van der Waals surface area contributed by atoms with Crippen molar-refractivity contribution in [2.24, 2.45) is 0 Å². The second-order valence-corrected chi connectivity index (χ2v) is 3.89. The first-order valence-corrected chi connectivity index (χ1v) is 5.45. The number of aromatic nitrogens is 3. The number of nitrogens with zero attached hydrogens (tertiary/aromatic N) is 4. The maximum absolute atomic E-state index is 10.8. The van der Waals surface area contributed by atoms with Crippen LogP contribution in [0.25, 0.3) is 16.7 Å². The molecule has 0 bridgehead atoms. The van der Waals surface area contributed by atoms with Crippen LogP contribution in [0.15, 0.2) is 42.5 Å². The van der Waals surface area contributed by atoms with Gasteiger partial charge in [-0.05, 0) is 18.2 Å². The van der Waals surface area contributed by atoms with E-state index in [1.165, 1.54) is 16.8 Å². The Balaban J connectivity index is 2.28. The van der Waals surface area contributed by atoms with Gasteiger partial charge in [0.1, 0.15) is 11.2 Å². The molecule has 1 N–H and O–H groups in total. The minimum Gasteiger partial charge on any atom is -0.501 e. The van der Waals surface area contributed by atoms with Gasteiger partial charge in [-0.2, -0.15) is 0 Å². The SMILES string of the molecule is O=[N+]([O-])c1cccc(-n2nnc3ccccc32)c1O. The van der Waals surface area contributed by atoms with Crippen molar-refractivity contribution in [1.82, 2.24) is 15.0 Å². The molecule has 0 aliphatic carbocycles. The summed E-state index contributed by atoms with van der Waals surface area (Å²) in [6.45, 7) is 0. The smallest absolute Gasteiger partial charge is 0.313 e. The lowest BCUT2D eigenvalue weighted by Gasteiger charge is -2.04. The molecule has 1 aromatic heterocycles. The molecule has 0 saturated heterocycles. The summed E-state index contributed by atoms with van der Waals surface area (Å²) in [6.07, 6.45) is 0. The summed E-state index contributed by atoms with van der Waals surface area (Å²) in [6, 6.07) is 11.4. The van der Waals surface area contributed by atoms with E-state index in [4.69, 9.17) is 0 Å². The topological polar surface area (TPSA) is 94.1 Å². The molecular formula is C12H8N4O3. The van der Waals surface area contributed by atoms with Crippen LogP contribution in [0.3, 0.4) is 0 Å². The predicted molar refractivity (Wildman–Crippen MR) is 67.2 cm³/mol. The molecular weight excluding hydrogens is 248 g/mol. The minimum absolute atomic E-state index is 0.225. The molecule has 0 saturated carbocycles. The average molecular weight is 256 g/mol. The van der Waals surface area contributed by atoms with Crippen LogP contribution in [0, 0.1) is 10.1 Å². The Hall–Kier alpha value is -2.96. The van der Waals surface area contributed by atoms with Crippen LogP contribution >= 0.6 is 0 Å². The Morgan fingerprint density at radius 2 is 1.95 bits per heavy atom. The molecule has 7 heteroatoms. The maximum atomic E-state index is 10.8. The lowest BCUT2D eigenvalue weighted by molar-refractivity contribution is -0.385. The Kier molecular flexibility index (Phi) is 2.38. The van der Waals surface area contributed by atoms with Crippen molar-refractivity contribution < 1.29 is 10.0 Å². The Bertz CT molecular complexity index is 781. The van der Waals surface area contributed by atoms with Crippen LogP contribution in [0.5, 0.6) is 5.75 Å². The number of phenols is 1. The highest BCUT2D eigenvalue weighted by Gasteiger charge is 2.19. The van der Waals surface area contributed by atoms with Crippen molar-refractivity contribution in [2.45, 2.75) is 0 Å². The minimum atomic E-state index is -0.641. The van der Waals surface area contributed by atoms with Gasteiger partial charge in [-0.1, -0.05) is 23.4 Å². The van der Waals surface area contributed by atoms with Gasteiger partial charge in [0.2, 0.25) is 5.75 Å². The molecule has 0 aliphatic rings. The Morgan fingerprint density at radius 1 is 1.16 bits per heavy atom. The highest BCUT2D eigenvalue weighted by molar-refractivity contribution is 5.77. The monoisotopic (exact) mass is 256 g/mol. The number of para-hydroxylation sites is 2. The standard InChI is InChI=1S/C12H8N4O3/c17-12-10(6-3-7-11(12)16(18)19)15-9-5-2-1-4-8(9)13-14-15/h1-7,17H. The molecule has 0 radical (unpaired) electrons. The van der Waals surface area contributed by atoms with E-state index in [0.717, 1.165) is 0 Å². The summed E-state index contributed by atoms with van der Waals surface area (Å²) in [4.78, 5) is 10.2. The largest absolute Gasteiger partial charge is 0.501 e. The van der Waals surface area contributed by atoms with Gasteiger partial charge < -0.3 is 5.11 Å². The summed E-state index contributed by atoms with van der Waals surface area (Å²) < 4.78 is 1.37. The molecule has 0 fully saturated rings. The van der Waals surface area contributed by atoms with Crippen molar-refractivity contribution in [2.75, 3.05) is 0 Å². The van der Waals surface area contributed by atoms with Crippen molar-refractivity contribution in [3.63, 3.8) is 0 Å². The van der Waals surface area contributed by atoms with Crippen LogP contribution in [0.1, 0.15) is 0 Å². The van der Waals surface area contributed by atoms with Crippen LogP contribution in [0.4, 0.5) is 5.69 Å². The van der Waals surface area contributed by atoms with E-state index in [1.807, 2.05) is 6.07 Å². The molecule has 0 unspecified atom stereocenters. The first-order valence-electron chi connectivity index (χ1n) is 5.45. The lowest BCUT2D eigenvalue weighted by Crippen LogP contribution is -1.99. The molecule has 0 aliphatic heterocycles. The summed E-state index contributed by atoms with van der Waals surface area (Å²) in [5.74, 6) is -0.428. The highest BCUT2D eigenvalue weighted by atomic mass is 16.6.